The Bertz CT molecular complexity index is 1500. The van der Waals surface area contributed by atoms with Crippen molar-refractivity contribution in [3.05, 3.63) is 71.0 Å². The van der Waals surface area contributed by atoms with E-state index in [0.717, 1.165) is 33.8 Å². The molecule has 0 spiro atoms. The Balaban J connectivity index is 1.69. The fourth-order valence-electron chi connectivity index (χ4n) is 4.07. The lowest BCUT2D eigenvalue weighted by Gasteiger charge is -2.20. The number of rotatable bonds is 8. The highest BCUT2D eigenvalue weighted by Gasteiger charge is 2.22. The van der Waals surface area contributed by atoms with Gasteiger partial charge in [-0.1, -0.05) is 61.9 Å². The molecule has 1 amide bonds. The largest absolute Gasteiger partial charge is 0.316 e. The molecule has 0 saturated heterocycles. The van der Waals surface area contributed by atoms with E-state index in [1.165, 1.54) is 27.8 Å². The van der Waals surface area contributed by atoms with E-state index >= 15 is 0 Å². The van der Waals surface area contributed by atoms with Gasteiger partial charge >= 0.3 is 0 Å². The third-order valence-electron chi connectivity index (χ3n) is 5.93. The molecule has 34 heavy (non-hydrogen) atoms. The number of hydrogen-bond donors (Lipinski definition) is 0. The molecule has 178 valence electrons. The highest BCUT2D eigenvalue weighted by atomic mass is 32.2. The van der Waals surface area contributed by atoms with Gasteiger partial charge in [0.2, 0.25) is 10.0 Å². The van der Waals surface area contributed by atoms with Crippen LogP contribution in [0.5, 0.6) is 0 Å². The molecule has 1 heterocycles. The lowest BCUT2D eigenvalue weighted by molar-refractivity contribution is 0.0997. The molecule has 0 unspecified atom stereocenters. The fraction of sp³-hybridized carbons (Fsp3) is 0.308. The van der Waals surface area contributed by atoms with Crippen LogP contribution in [0.1, 0.15) is 44.0 Å². The topological polar surface area (TPSA) is 71.7 Å². The Morgan fingerprint density at radius 3 is 2.41 bits per heavy atom. The van der Waals surface area contributed by atoms with Crippen LogP contribution in [-0.4, -0.2) is 36.3 Å². The van der Waals surface area contributed by atoms with E-state index in [9.17, 15) is 13.2 Å². The van der Waals surface area contributed by atoms with Crippen molar-refractivity contribution in [1.82, 2.24) is 8.87 Å². The van der Waals surface area contributed by atoms with E-state index in [1.54, 1.807) is 12.1 Å². The van der Waals surface area contributed by atoms with Crippen LogP contribution in [0.15, 0.2) is 70.6 Å². The van der Waals surface area contributed by atoms with Crippen molar-refractivity contribution in [3.8, 4) is 0 Å². The number of hydrogen-bond acceptors (Lipinski definition) is 4. The quantitative estimate of drug-likeness (QED) is 0.327. The Hall–Kier alpha value is -2.81. The maximum atomic E-state index is 13.0. The molecular formula is C26H29N3O3S2. The summed E-state index contributed by atoms with van der Waals surface area (Å²) in [5, 5.41) is 2.27. The number of nitrogens with zero attached hydrogens (tertiary/aromatic N) is 3. The molecule has 0 fully saturated rings. The van der Waals surface area contributed by atoms with Gasteiger partial charge in [0.1, 0.15) is 0 Å². The summed E-state index contributed by atoms with van der Waals surface area (Å²) in [4.78, 5) is 18.2. The molecule has 0 aliphatic rings. The van der Waals surface area contributed by atoms with E-state index in [4.69, 9.17) is 0 Å². The van der Waals surface area contributed by atoms with Crippen molar-refractivity contribution in [2.45, 2.75) is 45.1 Å². The number of carbonyl (C=O) groups excluding carboxylic acids is 1. The summed E-state index contributed by atoms with van der Waals surface area (Å²) in [7, 11) is -3.58. The number of sulfonamides is 1. The average molecular weight is 496 g/mol. The van der Waals surface area contributed by atoms with Gasteiger partial charge in [-0.25, -0.2) is 8.42 Å². The molecule has 1 aromatic heterocycles. The van der Waals surface area contributed by atoms with Crippen molar-refractivity contribution >= 4 is 48.3 Å². The van der Waals surface area contributed by atoms with Gasteiger partial charge in [-0.3, -0.25) is 4.79 Å². The van der Waals surface area contributed by atoms with E-state index in [0.29, 0.717) is 30.0 Å². The first-order valence-electron chi connectivity index (χ1n) is 11.6. The molecule has 3 aromatic carbocycles. The van der Waals surface area contributed by atoms with Crippen LogP contribution in [-0.2, 0) is 16.6 Å². The maximum absolute atomic E-state index is 13.0. The minimum atomic E-state index is -3.58. The van der Waals surface area contributed by atoms with E-state index in [2.05, 4.69) is 33.8 Å². The second-order valence-electron chi connectivity index (χ2n) is 8.05. The van der Waals surface area contributed by atoms with Crippen LogP contribution in [0.3, 0.4) is 0 Å². The number of unbranched alkanes of at least 4 members (excludes halogenated alkanes) is 1. The summed E-state index contributed by atoms with van der Waals surface area (Å²) >= 11 is 1.48. The number of carbonyl (C=O) groups is 1. The first-order valence-corrected chi connectivity index (χ1v) is 13.9. The van der Waals surface area contributed by atoms with Crippen molar-refractivity contribution in [1.29, 1.82) is 0 Å². The SMILES string of the molecule is CCCCN(CC)S(=O)(=O)c1ccc(C(=O)N=c2sc3ccc4ccccc4c3n2CC)cc1. The van der Waals surface area contributed by atoms with E-state index < -0.39 is 10.0 Å². The normalized spacial score (nSPS) is 12.8. The number of amides is 1. The third-order valence-corrected chi connectivity index (χ3v) is 8.96. The summed E-state index contributed by atoms with van der Waals surface area (Å²) in [6.07, 6.45) is 1.73. The molecule has 0 N–H and O–H groups in total. The van der Waals surface area contributed by atoms with Crippen LogP contribution >= 0.6 is 11.3 Å². The van der Waals surface area contributed by atoms with Crippen LogP contribution < -0.4 is 4.80 Å². The Morgan fingerprint density at radius 1 is 1.00 bits per heavy atom. The molecular weight excluding hydrogens is 466 g/mol. The molecule has 0 atom stereocenters. The smallest absolute Gasteiger partial charge is 0.279 e. The maximum Gasteiger partial charge on any atom is 0.279 e. The molecule has 6 nitrogen and oxygen atoms in total. The summed E-state index contributed by atoms with van der Waals surface area (Å²) < 4.78 is 30.5. The second-order valence-corrected chi connectivity index (χ2v) is 11.0. The van der Waals surface area contributed by atoms with E-state index in [1.807, 2.05) is 32.9 Å². The van der Waals surface area contributed by atoms with Crippen LogP contribution in [0.25, 0.3) is 21.0 Å². The van der Waals surface area contributed by atoms with Crippen LogP contribution in [0, 0.1) is 0 Å². The minimum absolute atomic E-state index is 0.193. The van der Waals surface area contributed by atoms with Gasteiger partial charge in [0.15, 0.2) is 4.80 Å². The Morgan fingerprint density at radius 2 is 1.74 bits per heavy atom. The zero-order valence-electron chi connectivity index (χ0n) is 19.7. The standard InChI is InChI=1S/C26H29N3O3S2/c1-4-7-18-28(5-2)34(31,32)21-15-12-20(13-16-21)25(30)27-26-29(6-3)24-22-11-9-8-10-19(22)14-17-23(24)33-26/h8-17H,4-7,18H2,1-3H3. The molecule has 0 radical (unpaired) electrons. The molecule has 0 bridgehead atoms. The number of aryl methyl sites for hydroxylation is 1. The van der Waals surface area contributed by atoms with Gasteiger partial charge in [-0.05, 0) is 49.1 Å². The second kappa shape index (κ2) is 10.2. The molecule has 0 aliphatic heterocycles. The predicted molar refractivity (Wildman–Crippen MR) is 139 cm³/mol. The van der Waals surface area contributed by atoms with Crippen LogP contribution in [0.2, 0.25) is 0 Å². The number of fused-ring (bicyclic) bond motifs is 3. The molecule has 0 aliphatic carbocycles. The van der Waals surface area contributed by atoms with Gasteiger partial charge in [-0.2, -0.15) is 9.30 Å². The predicted octanol–water partition coefficient (Wildman–Crippen LogP) is 5.43. The first kappa shape index (κ1) is 24.3. The molecule has 8 heteroatoms. The van der Waals surface area contributed by atoms with Crippen molar-refractivity contribution in [3.63, 3.8) is 0 Å². The molecule has 4 rings (SSSR count). The first-order chi connectivity index (χ1) is 16.4. The van der Waals surface area contributed by atoms with Crippen molar-refractivity contribution < 1.29 is 13.2 Å². The Kier molecular flexibility index (Phi) is 7.30. The van der Waals surface area contributed by atoms with Gasteiger partial charge < -0.3 is 4.57 Å². The molecule has 4 aromatic rings. The van der Waals surface area contributed by atoms with Crippen molar-refractivity contribution in [2.24, 2.45) is 4.99 Å². The number of benzene rings is 3. The molecule has 0 saturated carbocycles. The van der Waals surface area contributed by atoms with Crippen molar-refractivity contribution in [2.75, 3.05) is 13.1 Å². The third kappa shape index (κ3) is 4.58. The zero-order valence-corrected chi connectivity index (χ0v) is 21.3. The summed E-state index contributed by atoms with van der Waals surface area (Å²) in [6.45, 7) is 7.49. The van der Waals surface area contributed by atoms with Crippen LogP contribution in [0.4, 0.5) is 0 Å². The number of thiazole rings is 1. The fourth-order valence-corrected chi connectivity index (χ4v) is 6.67. The average Bonchev–Trinajstić information content (AvgIpc) is 3.21. The summed E-state index contributed by atoms with van der Waals surface area (Å²) in [5.74, 6) is -0.389. The van der Waals surface area contributed by atoms with Gasteiger partial charge in [-0.15, -0.1) is 0 Å². The number of aromatic nitrogens is 1. The van der Waals surface area contributed by atoms with Gasteiger partial charge in [0, 0.05) is 30.6 Å². The van der Waals surface area contributed by atoms with Gasteiger partial charge in [0.05, 0.1) is 15.1 Å². The lowest BCUT2D eigenvalue weighted by Crippen LogP contribution is -2.31. The highest BCUT2D eigenvalue weighted by molar-refractivity contribution is 7.89. The summed E-state index contributed by atoms with van der Waals surface area (Å²) in [6, 6.07) is 18.4. The monoisotopic (exact) mass is 495 g/mol. The summed E-state index contributed by atoms with van der Waals surface area (Å²) in [5.41, 5.74) is 1.44. The zero-order chi connectivity index (χ0) is 24.3. The lowest BCUT2D eigenvalue weighted by atomic mass is 10.1. The Labute approximate surface area is 204 Å². The van der Waals surface area contributed by atoms with E-state index in [-0.39, 0.29) is 10.8 Å². The highest BCUT2D eigenvalue weighted by Crippen LogP contribution is 2.27. The minimum Gasteiger partial charge on any atom is -0.316 e. The van der Waals surface area contributed by atoms with Gasteiger partial charge in [0.25, 0.3) is 5.91 Å².